The van der Waals surface area contributed by atoms with Gasteiger partial charge < -0.3 is 14.8 Å². The standard InChI is InChI=1S/C27H35N7O/c1-32-15-20(22-6-2-3-7-25(22)32)16-33-13-4-5-21(17-33)29-27(35)34-14-10-24-23(18-34)26(31-30-24)19-8-11-28-12-9-19/h2-3,6-9,11-12,15,21,23-24,26,30-31H,4-5,10,13-14,16-18H2,1H3,(H,29,35)/t21-,23?,24?,26?/m1/s1. The molecule has 4 atom stereocenters. The van der Waals surface area contributed by atoms with Crippen molar-refractivity contribution >= 4 is 16.9 Å². The van der Waals surface area contributed by atoms with Crippen LogP contribution in [0.25, 0.3) is 10.9 Å². The molecule has 3 aromatic rings. The number of para-hydroxylation sites is 1. The highest BCUT2D eigenvalue weighted by Gasteiger charge is 2.41. The van der Waals surface area contributed by atoms with Gasteiger partial charge in [0.1, 0.15) is 0 Å². The number of fused-ring (bicyclic) bond motifs is 2. The Morgan fingerprint density at radius 3 is 2.83 bits per heavy atom. The molecule has 2 amide bonds. The first-order chi connectivity index (χ1) is 17.2. The number of nitrogens with zero attached hydrogens (tertiary/aromatic N) is 4. The fraction of sp³-hybridized carbons (Fsp3) is 0.481. The minimum absolute atomic E-state index is 0.0841. The van der Waals surface area contributed by atoms with Crippen LogP contribution in [0.5, 0.6) is 0 Å². The molecule has 3 aliphatic heterocycles. The molecule has 8 nitrogen and oxygen atoms in total. The third-order valence-corrected chi connectivity index (χ3v) is 8.07. The SMILES string of the molecule is Cn1cc(CN2CCC[C@@H](NC(=O)N3CCC4NNC(c5ccncc5)C4C3)C2)c2ccccc21. The van der Waals surface area contributed by atoms with Crippen LogP contribution >= 0.6 is 0 Å². The van der Waals surface area contributed by atoms with Crippen LogP contribution in [-0.2, 0) is 13.6 Å². The molecule has 35 heavy (non-hydrogen) atoms. The summed E-state index contributed by atoms with van der Waals surface area (Å²) in [6, 6.07) is 13.6. The van der Waals surface area contributed by atoms with Gasteiger partial charge in [-0.3, -0.25) is 15.3 Å². The van der Waals surface area contributed by atoms with Crippen LogP contribution in [0.3, 0.4) is 0 Å². The second-order valence-electron chi connectivity index (χ2n) is 10.4. The summed E-state index contributed by atoms with van der Waals surface area (Å²) in [5.74, 6) is 0.353. The number of rotatable bonds is 4. The number of pyridine rings is 1. The molecular formula is C27H35N7O. The van der Waals surface area contributed by atoms with E-state index in [9.17, 15) is 4.79 Å². The van der Waals surface area contributed by atoms with Crippen molar-refractivity contribution < 1.29 is 4.79 Å². The van der Waals surface area contributed by atoms with E-state index in [1.54, 1.807) is 0 Å². The van der Waals surface area contributed by atoms with Gasteiger partial charge >= 0.3 is 6.03 Å². The Labute approximate surface area is 206 Å². The number of carbonyl (C=O) groups is 1. The number of carbonyl (C=O) groups excluding carboxylic acids is 1. The summed E-state index contributed by atoms with van der Waals surface area (Å²) in [4.78, 5) is 21.9. The number of benzene rings is 1. The Morgan fingerprint density at radius 2 is 1.94 bits per heavy atom. The van der Waals surface area contributed by atoms with Crippen molar-refractivity contribution in [2.45, 2.75) is 43.9 Å². The van der Waals surface area contributed by atoms with Gasteiger partial charge in [0, 0.05) is 80.7 Å². The van der Waals surface area contributed by atoms with E-state index in [2.05, 4.69) is 80.3 Å². The van der Waals surface area contributed by atoms with Crippen molar-refractivity contribution in [1.29, 1.82) is 0 Å². The summed E-state index contributed by atoms with van der Waals surface area (Å²) in [6.45, 7) is 4.45. The largest absolute Gasteiger partial charge is 0.350 e. The van der Waals surface area contributed by atoms with Crippen LogP contribution < -0.4 is 16.2 Å². The van der Waals surface area contributed by atoms with E-state index in [-0.39, 0.29) is 18.1 Å². The molecule has 2 aromatic heterocycles. The number of hydrogen-bond donors (Lipinski definition) is 3. The molecule has 6 rings (SSSR count). The lowest BCUT2D eigenvalue weighted by atomic mass is 9.85. The molecule has 3 saturated heterocycles. The van der Waals surface area contributed by atoms with E-state index in [0.29, 0.717) is 12.0 Å². The molecule has 3 unspecified atom stereocenters. The summed E-state index contributed by atoms with van der Waals surface area (Å²) in [6.07, 6.45) is 9.04. The molecular weight excluding hydrogens is 438 g/mol. The maximum Gasteiger partial charge on any atom is 0.317 e. The van der Waals surface area contributed by atoms with Crippen LogP contribution in [-0.4, -0.2) is 63.6 Å². The first kappa shape index (κ1) is 22.5. The molecule has 184 valence electrons. The molecule has 0 saturated carbocycles. The zero-order valence-corrected chi connectivity index (χ0v) is 20.4. The minimum Gasteiger partial charge on any atom is -0.350 e. The Hall–Kier alpha value is -2.94. The van der Waals surface area contributed by atoms with E-state index < -0.39 is 0 Å². The predicted octanol–water partition coefficient (Wildman–Crippen LogP) is 2.79. The fourth-order valence-corrected chi connectivity index (χ4v) is 6.26. The van der Waals surface area contributed by atoms with Gasteiger partial charge in [0.15, 0.2) is 0 Å². The number of piperidine rings is 2. The second kappa shape index (κ2) is 9.60. The highest BCUT2D eigenvalue weighted by molar-refractivity contribution is 5.83. The number of hydrogen-bond acceptors (Lipinski definition) is 5. The van der Waals surface area contributed by atoms with Gasteiger partial charge in [0.05, 0.1) is 6.04 Å². The highest BCUT2D eigenvalue weighted by atomic mass is 16.2. The van der Waals surface area contributed by atoms with Crippen molar-refractivity contribution in [3.8, 4) is 0 Å². The minimum atomic E-state index is 0.0841. The zero-order chi connectivity index (χ0) is 23.8. The van der Waals surface area contributed by atoms with Crippen molar-refractivity contribution in [2.24, 2.45) is 13.0 Å². The topological polar surface area (TPSA) is 77.5 Å². The average molecular weight is 474 g/mol. The summed E-state index contributed by atoms with van der Waals surface area (Å²) >= 11 is 0. The van der Waals surface area contributed by atoms with Crippen LogP contribution in [0.1, 0.15) is 36.4 Å². The average Bonchev–Trinajstić information content (AvgIpc) is 3.45. The molecule has 3 fully saturated rings. The number of nitrogens with one attached hydrogen (secondary N) is 3. The molecule has 0 radical (unpaired) electrons. The number of urea groups is 1. The van der Waals surface area contributed by atoms with Crippen LogP contribution in [0.15, 0.2) is 55.0 Å². The van der Waals surface area contributed by atoms with Gasteiger partial charge in [-0.25, -0.2) is 10.2 Å². The third-order valence-electron chi connectivity index (χ3n) is 8.07. The zero-order valence-electron chi connectivity index (χ0n) is 20.4. The lowest BCUT2D eigenvalue weighted by Gasteiger charge is -2.38. The molecule has 0 spiro atoms. The quantitative estimate of drug-likeness (QED) is 0.543. The maximum atomic E-state index is 13.3. The first-order valence-corrected chi connectivity index (χ1v) is 12.9. The Balaban J connectivity index is 1.07. The lowest BCUT2D eigenvalue weighted by Crippen LogP contribution is -2.55. The predicted molar refractivity (Wildman–Crippen MR) is 136 cm³/mol. The van der Waals surface area contributed by atoms with Gasteiger partial charge in [-0.2, -0.15) is 0 Å². The van der Waals surface area contributed by atoms with E-state index in [1.165, 1.54) is 22.0 Å². The smallest absolute Gasteiger partial charge is 0.317 e. The van der Waals surface area contributed by atoms with Gasteiger partial charge in [-0.1, -0.05) is 18.2 Å². The van der Waals surface area contributed by atoms with Crippen molar-refractivity contribution in [2.75, 3.05) is 26.2 Å². The van der Waals surface area contributed by atoms with E-state index in [0.717, 1.165) is 52.0 Å². The number of likely N-dealkylation sites (tertiary alicyclic amines) is 2. The van der Waals surface area contributed by atoms with Crippen LogP contribution in [0.4, 0.5) is 4.79 Å². The molecule has 0 bridgehead atoms. The maximum absolute atomic E-state index is 13.3. The molecule has 8 heteroatoms. The monoisotopic (exact) mass is 473 g/mol. The van der Waals surface area contributed by atoms with E-state index in [4.69, 9.17) is 0 Å². The molecule has 0 aliphatic carbocycles. The third kappa shape index (κ3) is 4.53. The van der Waals surface area contributed by atoms with Crippen molar-refractivity contribution in [1.82, 2.24) is 35.5 Å². The highest BCUT2D eigenvalue weighted by Crippen LogP contribution is 2.33. The van der Waals surface area contributed by atoms with Gasteiger partial charge in [-0.05, 0) is 55.1 Å². The van der Waals surface area contributed by atoms with Crippen LogP contribution in [0, 0.1) is 5.92 Å². The van der Waals surface area contributed by atoms with E-state index in [1.807, 2.05) is 17.3 Å². The molecule has 1 aromatic carbocycles. The number of aromatic nitrogens is 2. The Kier molecular flexibility index (Phi) is 6.18. The van der Waals surface area contributed by atoms with Gasteiger partial charge in [0.2, 0.25) is 0 Å². The number of amides is 2. The lowest BCUT2D eigenvalue weighted by molar-refractivity contribution is 0.139. The summed E-state index contributed by atoms with van der Waals surface area (Å²) in [5, 5.41) is 4.70. The van der Waals surface area contributed by atoms with Crippen LogP contribution in [0.2, 0.25) is 0 Å². The second-order valence-corrected chi connectivity index (χ2v) is 10.4. The number of hydrazine groups is 1. The number of aryl methyl sites for hydroxylation is 1. The summed E-state index contributed by atoms with van der Waals surface area (Å²) in [7, 11) is 2.11. The molecule has 3 N–H and O–H groups in total. The van der Waals surface area contributed by atoms with Crippen molar-refractivity contribution in [3.63, 3.8) is 0 Å². The normalized spacial score (nSPS) is 27.2. The van der Waals surface area contributed by atoms with Gasteiger partial charge in [-0.15, -0.1) is 0 Å². The first-order valence-electron chi connectivity index (χ1n) is 12.9. The molecule has 3 aliphatic rings. The van der Waals surface area contributed by atoms with Crippen molar-refractivity contribution in [3.05, 3.63) is 66.1 Å². The van der Waals surface area contributed by atoms with Gasteiger partial charge in [0.25, 0.3) is 0 Å². The Morgan fingerprint density at radius 1 is 1.09 bits per heavy atom. The van der Waals surface area contributed by atoms with E-state index >= 15 is 0 Å². The molecule has 5 heterocycles. The Bertz CT molecular complexity index is 1180. The summed E-state index contributed by atoms with van der Waals surface area (Å²) < 4.78 is 2.21. The summed E-state index contributed by atoms with van der Waals surface area (Å²) in [5.41, 5.74) is 10.8. The fourth-order valence-electron chi connectivity index (χ4n) is 6.26.